The zero-order chi connectivity index (χ0) is 19.6. The highest BCUT2D eigenvalue weighted by molar-refractivity contribution is 6.46. The normalized spacial score (nSPS) is 18.9. The van der Waals surface area contributed by atoms with Gasteiger partial charge in [-0.05, 0) is 36.8 Å². The number of nitrogens with zero attached hydrogens (tertiary/aromatic N) is 1. The minimum absolute atomic E-state index is 0.0716. The molecule has 0 bridgehead atoms. The summed E-state index contributed by atoms with van der Waals surface area (Å²) in [6.07, 6.45) is 0. The van der Waals surface area contributed by atoms with Crippen LogP contribution < -0.4 is 0 Å². The van der Waals surface area contributed by atoms with E-state index in [1.165, 1.54) is 12.0 Å². The van der Waals surface area contributed by atoms with E-state index in [-0.39, 0.29) is 24.5 Å². The van der Waals surface area contributed by atoms with Crippen LogP contribution in [0.2, 0.25) is 5.02 Å². The lowest BCUT2D eigenvalue weighted by Crippen LogP contribution is -2.32. The predicted molar refractivity (Wildman–Crippen MR) is 104 cm³/mol. The highest BCUT2D eigenvalue weighted by Gasteiger charge is 2.45. The predicted octanol–water partition coefficient (Wildman–Crippen LogP) is 3.72. The number of amides is 1. The van der Waals surface area contributed by atoms with Gasteiger partial charge in [0.2, 0.25) is 0 Å². The molecule has 2 aromatic rings. The highest BCUT2D eigenvalue weighted by atomic mass is 35.5. The van der Waals surface area contributed by atoms with Gasteiger partial charge in [0.1, 0.15) is 5.76 Å². The van der Waals surface area contributed by atoms with Gasteiger partial charge in [-0.25, -0.2) is 0 Å². The quantitative estimate of drug-likeness (QED) is 0.484. The molecule has 1 fully saturated rings. The maximum absolute atomic E-state index is 12.7. The molecule has 0 spiro atoms. The van der Waals surface area contributed by atoms with E-state index in [0.717, 1.165) is 11.1 Å². The molecule has 1 saturated heterocycles. The van der Waals surface area contributed by atoms with Crippen LogP contribution in [0.5, 0.6) is 0 Å². The number of aryl methyl sites for hydroxylation is 1. The molecule has 0 aromatic heterocycles. The minimum Gasteiger partial charge on any atom is -0.507 e. The SMILES string of the molecule is COCCN1C(=O)C(=O)C(=C(O)c2ccc(Cl)cc2)[C@H]1c1ccc(C)cc1. The number of ketones is 1. The van der Waals surface area contributed by atoms with Gasteiger partial charge in [-0.3, -0.25) is 9.59 Å². The third kappa shape index (κ3) is 3.75. The van der Waals surface area contributed by atoms with Crippen LogP contribution in [0.3, 0.4) is 0 Å². The standard InChI is InChI=1S/C21H20ClNO4/c1-13-3-5-14(6-4-13)18-17(19(24)15-7-9-16(22)10-8-15)20(25)21(26)23(18)11-12-27-2/h3-10,18,24H,11-12H2,1-2H3/t18-/m1/s1. The number of halogens is 1. The fourth-order valence-corrected chi connectivity index (χ4v) is 3.28. The van der Waals surface area contributed by atoms with Crippen molar-refractivity contribution in [2.75, 3.05) is 20.3 Å². The van der Waals surface area contributed by atoms with Crippen LogP contribution in [0.1, 0.15) is 22.7 Å². The van der Waals surface area contributed by atoms with E-state index in [0.29, 0.717) is 10.6 Å². The zero-order valence-electron chi connectivity index (χ0n) is 15.1. The Morgan fingerprint density at radius 2 is 1.74 bits per heavy atom. The van der Waals surface area contributed by atoms with E-state index in [1.54, 1.807) is 24.3 Å². The van der Waals surface area contributed by atoms with Crippen LogP contribution >= 0.6 is 11.6 Å². The molecule has 6 heteroatoms. The average molecular weight is 386 g/mol. The Morgan fingerprint density at radius 3 is 2.33 bits per heavy atom. The summed E-state index contributed by atoms with van der Waals surface area (Å²) in [7, 11) is 1.53. The van der Waals surface area contributed by atoms with Crippen molar-refractivity contribution in [2.45, 2.75) is 13.0 Å². The molecule has 1 amide bonds. The Balaban J connectivity index is 2.14. The first-order valence-electron chi connectivity index (χ1n) is 8.54. The Kier molecular flexibility index (Phi) is 5.63. The van der Waals surface area contributed by atoms with Crippen LogP contribution in [0.15, 0.2) is 54.1 Å². The van der Waals surface area contributed by atoms with E-state index in [2.05, 4.69) is 0 Å². The molecule has 1 atom stereocenters. The Morgan fingerprint density at radius 1 is 1.11 bits per heavy atom. The van der Waals surface area contributed by atoms with E-state index in [9.17, 15) is 14.7 Å². The van der Waals surface area contributed by atoms with Gasteiger partial charge in [0.05, 0.1) is 18.2 Å². The van der Waals surface area contributed by atoms with E-state index < -0.39 is 17.7 Å². The van der Waals surface area contributed by atoms with Crippen molar-refractivity contribution in [2.24, 2.45) is 0 Å². The lowest BCUT2D eigenvalue weighted by molar-refractivity contribution is -0.140. The summed E-state index contributed by atoms with van der Waals surface area (Å²) in [6, 6.07) is 13.4. The number of hydrogen-bond donors (Lipinski definition) is 1. The third-order valence-corrected chi connectivity index (χ3v) is 4.84. The van der Waals surface area contributed by atoms with E-state index in [4.69, 9.17) is 16.3 Å². The van der Waals surface area contributed by atoms with Crippen molar-refractivity contribution in [3.05, 3.63) is 75.8 Å². The van der Waals surface area contributed by atoms with Crippen LogP contribution in [0, 0.1) is 6.92 Å². The molecule has 0 radical (unpaired) electrons. The number of methoxy groups -OCH3 is 1. The van der Waals surface area contributed by atoms with E-state index in [1.807, 2.05) is 31.2 Å². The molecule has 1 aliphatic rings. The first-order chi connectivity index (χ1) is 12.9. The number of hydrogen-bond acceptors (Lipinski definition) is 4. The Hall–Kier alpha value is -2.63. The Bertz CT molecular complexity index is 887. The lowest BCUT2D eigenvalue weighted by Gasteiger charge is -2.25. The topological polar surface area (TPSA) is 66.8 Å². The molecule has 5 nitrogen and oxygen atoms in total. The molecular formula is C21H20ClNO4. The zero-order valence-corrected chi connectivity index (χ0v) is 15.9. The van der Waals surface area contributed by atoms with Crippen molar-refractivity contribution < 1.29 is 19.4 Å². The van der Waals surface area contributed by atoms with Crippen molar-refractivity contribution in [1.82, 2.24) is 4.90 Å². The second kappa shape index (κ2) is 7.94. The van der Waals surface area contributed by atoms with Gasteiger partial charge in [-0.2, -0.15) is 0 Å². The van der Waals surface area contributed by atoms with Crippen LogP contribution in [-0.2, 0) is 14.3 Å². The molecule has 1 N–H and O–H groups in total. The van der Waals surface area contributed by atoms with Crippen LogP contribution in [0.25, 0.3) is 5.76 Å². The number of ether oxygens (including phenoxy) is 1. The van der Waals surface area contributed by atoms with Crippen molar-refractivity contribution >= 4 is 29.1 Å². The largest absolute Gasteiger partial charge is 0.507 e. The van der Waals surface area contributed by atoms with Gasteiger partial charge in [-0.1, -0.05) is 41.4 Å². The average Bonchev–Trinajstić information content (AvgIpc) is 2.91. The number of aliphatic hydroxyl groups excluding tert-OH is 1. The van der Waals surface area contributed by atoms with Crippen molar-refractivity contribution in [3.8, 4) is 0 Å². The molecule has 1 aliphatic heterocycles. The molecule has 3 rings (SSSR count). The molecule has 27 heavy (non-hydrogen) atoms. The second-order valence-corrected chi connectivity index (χ2v) is 6.84. The summed E-state index contributed by atoms with van der Waals surface area (Å²) in [6.45, 7) is 2.49. The Labute approximate surface area is 162 Å². The number of likely N-dealkylation sites (tertiary alicyclic amines) is 1. The van der Waals surface area contributed by atoms with Crippen LogP contribution in [-0.4, -0.2) is 42.0 Å². The van der Waals surface area contributed by atoms with Crippen molar-refractivity contribution in [1.29, 1.82) is 0 Å². The number of carbonyl (C=O) groups excluding carboxylic acids is 2. The summed E-state index contributed by atoms with van der Waals surface area (Å²) >= 11 is 5.91. The lowest BCUT2D eigenvalue weighted by atomic mass is 9.95. The van der Waals surface area contributed by atoms with Gasteiger partial charge in [-0.15, -0.1) is 0 Å². The highest BCUT2D eigenvalue weighted by Crippen LogP contribution is 2.39. The molecular weight excluding hydrogens is 366 g/mol. The van der Waals surface area contributed by atoms with Gasteiger partial charge in [0, 0.05) is 24.2 Å². The first-order valence-corrected chi connectivity index (χ1v) is 8.91. The number of Topliss-reactive ketones (excluding diaryl/α,β-unsaturated/α-hetero) is 1. The smallest absolute Gasteiger partial charge is 0.295 e. The molecule has 0 saturated carbocycles. The van der Waals surface area contributed by atoms with Gasteiger partial charge < -0.3 is 14.7 Å². The van der Waals surface area contributed by atoms with E-state index >= 15 is 0 Å². The molecule has 0 unspecified atom stereocenters. The summed E-state index contributed by atoms with van der Waals surface area (Å²) < 4.78 is 5.09. The molecule has 0 aliphatic carbocycles. The second-order valence-electron chi connectivity index (χ2n) is 6.40. The molecule has 2 aromatic carbocycles. The van der Waals surface area contributed by atoms with Gasteiger partial charge >= 0.3 is 0 Å². The van der Waals surface area contributed by atoms with Gasteiger partial charge in [0.15, 0.2) is 0 Å². The third-order valence-electron chi connectivity index (χ3n) is 4.59. The number of aliphatic hydroxyl groups is 1. The number of carbonyl (C=O) groups is 2. The van der Waals surface area contributed by atoms with Crippen LogP contribution in [0.4, 0.5) is 0 Å². The first kappa shape index (κ1) is 19.1. The number of benzene rings is 2. The van der Waals surface area contributed by atoms with Gasteiger partial charge in [0.25, 0.3) is 11.7 Å². The summed E-state index contributed by atoms with van der Waals surface area (Å²) in [5, 5.41) is 11.4. The molecule has 1 heterocycles. The fourth-order valence-electron chi connectivity index (χ4n) is 3.16. The number of rotatable bonds is 5. The monoisotopic (exact) mass is 385 g/mol. The fraction of sp³-hybridized carbons (Fsp3) is 0.238. The maximum atomic E-state index is 12.7. The minimum atomic E-state index is -0.705. The summed E-state index contributed by atoms with van der Waals surface area (Å²) in [5.74, 6) is -1.56. The summed E-state index contributed by atoms with van der Waals surface area (Å²) in [5.41, 5.74) is 2.32. The maximum Gasteiger partial charge on any atom is 0.295 e. The summed E-state index contributed by atoms with van der Waals surface area (Å²) in [4.78, 5) is 26.8. The molecule has 140 valence electrons. The van der Waals surface area contributed by atoms with Crippen molar-refractivity contribution in [3.63, 3.8) is 0 Å².